The van der Waals surface area contributed by atoms with E-state index in [1.54, 1.807) is 7.11 Å². The van der Waals surface area contributed by atoms with Crippen molar-refractivity contribution in [3.05, 3.63) is 46.4 Å². The van der Waals surface area contributed by atoms with Crippen LogP contribution in [0.25, 0.3) is 0 Å². The first-order chi connectivity index (χ1) is 11.5. The third kappa shape index (κ3) is 2.59. The van der Waals surface area contributed by atoms with Gasteiger partial charge in [-0.15, -0.1) is 0 Å². The molecule has 0 radical (unpaired) electrons. The fraction of sp³-hybridized carbons (Fsp3) is 0.500. The van der Waals surface area contributed by atoms with Gasteiger partial charge in [-0.1, -0.05) is 13.8 Å². The summed E-state index contributed by atoms with van der Waals surface area (Å²) in [7, 11) is 1.60. The van der Waals surface area contributed by atoms with Crippen molar-refractivity contribution < 1.29 is 14.3 Å². The molecule has 2 aliphatic heterocycles. The van der Waals surface area contributed by atoms with E-state index < -0.39 is 0 Å². The van der Waals surface area contributed by atoms with Crippen molar-refractivity contribution in [3.8, 4) is 11.5 Å². The lowest BCUT2D eigenvalue weighted by Crippen LogP contribution is -2.38. The Morgan fingerprint density at radius 3 is 2.88 bits per heavy atom. The lowest BCUT2D eigenvalue weighted by molar-refractivity contribution is 0.150. The van der Waals surface area contributed by atoms with Gasteiger partial charge in [0.1, 0.15) is 11.5 Å². The third-order valence-corrected chi connectivity index (χ3v) is 5.22. The van der Waals surface area contributed by atoms with E-state index in [1.165, 1.54) is 16.7 Å². The van der Waals surface area contributed by atoms with Gasteiger partial charge < -0.3 is 14.3 Å². The summed E-state index contributed by atoms with van der Waals surface area (Å²) >= 11 is 0. The highest BCUT2D eigenvalue weighted by Gasteiger charge is 2.34. The second-order valence-corrected chi connectivity index (χ2v) is 7.42. The number of hydrogen-bond acceptors (Lipinski definition) is 4. The number of ether oxygens (including phenoxy) is 1. The Morgan fingerprint density at radius 1 is 1.29 bits per heavy atom. The Kier molecular flexibility index (Phi) is 3.80. The van der Waals surface area contributed by atoms with Gasteiger partial charge in [-0.05, 0) is 41.7 Å². The molecule has 2 aromatic rings. The largest absolute Gasteiger partial charge is 0.504 e. The maximum Gasteiger partial charge on any atom is 0.160 e. The molecule has 24 heavy (non-hydrogen) atoms. The predicted molar refractivity (Wildman–Crippen MR) is 92.5 cm³/mol. The first-order valence-corrected chi connectivity index (χ1v) is 8.79. The highest BCUT2D eigenvalue weighted by Crippen LogP contribution is 2.42. The van der Waals surface area contributed by atoms with Crippen LogP contribution >= 0.6 is 0 Å². The maximum absolute atomic E-state index is 10.2. The van der Waals surface area contributed by atoms with Crippen molar-refractivity contribution in [1.82, 2.24) is 4.90 Å². The zero-order chi connectivity index (χ0) is 16.8. The van der Waals surface area contributed by atoms with Crippen molar-refractivity contribution in [2.45, 2.75) is 45.7 Å². The molecule has 2 aliphatic rings. The number of benzene rings is 1. The molecule has 4 rings (SSSR count). The molecule has 0 saturated heterocycles. The smallest absolute Gasteiger partial charge is 0.160 e. The number of nitrogens with zero attached hydrogens (tertiary/aromatic N) is 1. The number of hydrogen-bond donors (Lipinski definition) is 1. The number of aromatic hydroxyl groups is 1. The van der Waals surface area contributed by atoms with Gasteiger partial charge in [-0.2, -0.15) is 0 Å². The van der Waals surface area contributed by atoms with E-state index in [0.717, 1.165) is 43.9 Å². The first kappa shape index (κ1) is 15.6. The average molecular weight is 327 g/mol. The van der Waals surface area contributed by atoms with E-state index in [-0.39, 0.29) is 11.8 Å². The summed E-state index contributed by atoms with van der Waals surface area (Å²) in [6, 6.07) is 6.40. The van der Waals surface area contributed by atoms with Crippen molar-refractivity contribution in [2.24, 2.45) is 5.92 Å². The molecule has 0 bridgehead atoms. The van der Waals surface area contributed by atoms with E-state index >= 15 is 0 Å². The summed E-state index contributed by atoms with van der Waals surface area (Å²) in [5.41, 5.74) is 3.83. The summed E-state index contributed by atoms with van der Waals surface area (Å²) in [6.07, 6.45) is 2.87. The van der Waals surface area contributed by atoms with E-state index in [0.29, 0.717) is 11.7 Å². The number of fused-ring (bicyclic) bond motifs is 4. The molecule has 0 spiro atoms. The Bertz CT molecular complexity index is 762. The van der Waals surface area contributed by atoms with Gasteiger partial charge in [-0.25, -0.2) is 0 Å². The molecular weight excluding hydrogens is 302 g/mol. The van der Waals surface area contributed by atoms with Gasteiger partial charge in [0, 0.05) is 37.5 Å². The summed E-state index contributed by atoms with van der Waals surface area (Å²) < 4.78 is 11.4. The van der Waals surface area contributed by atoms with Gasteiger partial charge in [0.25, 0.3) is 0 Å². The highest BCUT2D eigenvalue weighted by atomic mass is 16.5. The van der Waals surface area contributed by atoms with Crippen LogP contribution in [0.4, 0.5) is 0 Å². The molecular formula is C20H25NO3. The minimum absolute atomic E-state index is 0.226. The van der Waals surface area contributed by atoms with Crippen molar-refractivity contribution in [2.75, 3.05) is 13.7 Å². The lowest BCUT2D eigenvalue weighted by atomic mass is 9.86. The van der Waals surface area contributed by atoms with E-state index in [1.807, 2.05) is 12.1 Å². The van der Waals surface area contributed by atoms with Crippen LogP contribution < -0.4 is 4.74 Å². The Balaban J connectivity index is 1.67. The van der Waals surface area contributed by atoms with Gasteiger partial charge in [0.2, 0.25) is 0 Å². The summed E-state index contributed by atoms with van der Waals surface area (Å²) in [4.78, 5) is 2.51. The average Bonchev–Trinajstić information content (AvgIpc) is 2.92. The molecule has 1 aromatic carbocycles. The number of methoxy groups -OCH3 is 1. The van der Waals surface area contributed by atoms with Crippen molar-refractivity contribution >= 4 is 0 Å². The van der Waals surface area contributed by atoms with Gasteiger partial charge in [0.05, 0.1) is 7.11 Å². The van der Waals surface area contributed by atoms with E-state index in [4.69, 9.17) is 9.15 Å². The van der Waals surface area contributed by atoms with Crippen LogP contribution in [-0.2, 0) is 25.8 Å². The monoisotopic (exact) mass is 327 g/mol. The Morgan fingerprint density at radius 2 is 2.12 bits per heavy atom. The van der Waals surface area contributed by atoms with Gasteiger partial charge >= 0.3 is 0 Å². The molecule has 0 fully saturated rings. The lowest BCUT2D eigenvalue weighted by Gasteiger charge is -2.40. The van der Waals surface area contributed by atoms with Crippen LogP contribution in [0.5, 0.6) is 11.5 Å². The standard InChI is InChI=1S/C20H25NO3/c1-12(2)6-15-7-14-11-21-5-4-13-8-20(23-3)18(22)9-16(13)17(21)10-19(14)24-15/h7-9,12,17,22H,4-6,10-11H2,1-3H3/t17-/m0/s1. The predicted octanol–water partition coefficient (Wildman–Crippen LogP) is 3.85. The van der Waals surface area contributed by atoms with Crippen LogP contribution in [0.1, 0.15) is 48.1 Å². The second-order valence-electron chi connectivity index (χ2n) is 7.42. The minimum Gasteiger partial charge on any atom is -0.504 e. The number of phenols is 1. The third-order valence-electron chi connectivity index (χ3n) is 5.22. The fourth-order valence-corrected chi connectivity index (χ4v) is 4.09. The molecule has 1 atom stereocenters. The first-order valence-electron chi connectivity index (χ1n) is 8.79. The van der Waals surface area contributed by atoms with Gasteiger partial charge in [0.15, 0.2) is 11.5 Å². The van der Waals surface area contributed by atoms with Gasteiger partial charge in [-0.3, -0.25) is 4.90 Å². The molecule has 0 unspecified atom stereocenters. The number of rotatable bonds is 3. The molecule has 1 N–H and O–H groups in total. The van der Waals surface area contributed by atoms with Crippen LogP contribution in [-0.4, -0.2) is 23.7 Å². The molecule has 1 aromatic heterocycles. The molecule has 4 heteroatoms. The normalized spacial score (nSPS) is 19.8. The number of furan rings is 1. The number of phenolic OH excluding ortho intramolecular Hbond substituents is 1. The molecule has 0 saturated carbocycles. The van der Waals surface area contributed by atoms with E-state index in [2.05, 4.69) is 24.8 Å². The fourth-order valence-electron chi connectivity index (χ4n) is 4.09. The topological polar surface area (TPSA) is 45.8 Å². The summed E-state index contributed by atoms with van der Waals surface area (Å²) in [5.74, 6) is 3.62. The SMILES string of the molecule is COc1cc2c(cc1O)[C@@H]1Cc3oc(CC(C)C)cc3CN1CC2. The highest BCUT2D eigenvalue weighted by molar-refractivity contribution is 5.49. The summed E-state index contributed by atoms with van der Waals surface area (Å²) in [5, 5.41) is 10.2. The molecule has 0 amide bonds. The quantitative estimate of drug-likeness (QED) is 0.930. The molecule has 3 heterocycles. The van der Waals surface area contributed by atoms with Crippen LogP contribution in [0, 0.1) is 5.92 Å². The second kappa shape index (κ2) is 5.85. The Hall–Kier alpha value is -1.94. The molecule has 4 nitrogen and oxygen atoms in total. The summed E-state index contributed by atoms with van der Waals surface area (Å²) in [6.45, 7) is 6.41. The maximum atomic E-state index is 10.2. The van der Waals surface area contributed by atoms with Crippen LogP contribution in [0.2, 0.25) is 0 Å². The van der Waals surface area contributed by atoms with Crippen molar-refractivity contribution in [1.29, 1.82) is 0 Å². The zero-order valence-electron chi connectivity index (χ0n) is 14.6. The molecule has 0 aliphatic carbocycles. The van der Waals surface area contributed by atoms with Crippen LogP contribution in [0.15, 0.2) is 22.6 Å². The van der Waals surface area contributed by atoms with Crippen LogP contribution in [0.3, 0.4) is 0 Å². The Labute approximate surface area is 143 Å². The minimum atomic E-state index is 0.226. The zero-order valence-corrected chi connectivity index (χ0v) is 14.6. The molecule has 128 valence electrons. The van der Waals surface area contributed by atoms with Crippen molar-refractivity contribution in [3.63, 3.8) is 0 Å². The van der Waals surface area contributed by atoms with E-state index in [9.17, 15) is 5.11 Å².